The largest absolute Gasteiger partial charge is 0.465 e. The molecule has 1 N–H and O–H groups in total. The fraction of sp³-hybridized carbons (Fsp3) is 0.250. The van der Waals surface area contributed by atoms with Crippen LogP contribution in [0.5, 0.6) is 0 Å². The number of nitrogens with one attached hydrogen (secondary N) is 1. The van der Waals surface area contributed by atoms with Crippen molar-refractivity contribution in [2.24, 2.45) is 0 Å². The minimum atomic E-state index is -0.456. The number of nitrogens with zero attached hydrogens (tertiary/aromatic N) is 1. The molecule has 0 saturated heterocycles. The lowest BCUT2D eigenvalue weighted by Crippen LogP contribution is -2.05. The van der Waals surface area contributed by atoms with Gasteiger partial charge in [-0.2, -0.15) is 5.26 Å². The molecule has 0 heterocycles. The van der Waals surface area contributed by atoms with Crippen molar-refractivity contribution in [2.75, 3.05) is 7.11 Å². The molecule has 4 heteroatoms. The summed E-state index contributed by atoms with van der Waals surface area (Å²) in [5, 5.41) is 16.1. The van der Waals surface area contributed by atoms with Crippen LogP contribution in [0.15, 0.2) is 18.2 Å². The Morgan fingerprint density at radius 1 is 1.44 bits per heavy atom. The number of hydrogen-bond acceptors (Lipinski definition) is 4. The van der Waals surface area contributed by atoms with E-state index in [0.29, 0.717) is 22.4 Å². The topological polar surface area (TPSA) is 73.9 Å². The highest BCUT2D eigenvalue weighted by molar-refractivity contribution is 5.99. The molecule has 0 atom stereocenters. The summed E-state index contributed by atoms with van der Waals surface area (Å²) in [6, 6.07) is 6.95. The minimum absolute atomic E-state index is 0.213. The maximum atomic E-state index is 11.4. The molecule has 1 aromatic carbocycles. The Morgan fingerprint density at radius 3 is 2.56 bits per heavy atom. The van der Waals surface area contributed by atoms with Crippen molar-refractivity contribution in [3.05, 3.63) is 34.9 Å². The van der Waals surface area contributed by atoms with E-state index in [0.717, 1.165) is 0 Å². The lowest BCUT2D eigenvalue weighted by Gasteiger charge is -2.05. The average Bonchev–Trinajstić information content (AvgIpc) is 2.28. The molecule has 0 radical (unpaired) electrons. The smallest absolute Gasteiger partial charge is 0.337 e. The number of rotatable bonds is 3. The molecule has 0 bridgehead atoms. The SMILES string of the molecule is COC(=O)c1cc(CC#N)cc(C(C)=N)c1. The van der Waals surface area contributed by atoms with E-state index in [1.807, 2.05) is 6.07 Å². The van der Waals surface area contributed by atoms with Crippen molar-refractivity contribution < 1.29 is 9.53 Å². The molecule has 0 aliphatic rings. The molecule has 0 amide bonds. The lowest BCUT2D eigenvalue weighted by atomic mass is 10.0. The van der Waals surface area contributed by atoms with Crippen LogP contribution in [0.4, 0.5) is 0 Å². The van der Waals surface area contributed by atoms with E-state index in [9.17, 15) is 4.79 Å². The Hall–Kier alpha value is -2.15. The van der Waals surface area contributed by atoms with Gasteiger partial charge in [0, 0.05) is 5.71 Å². The van der Waals surface area contributed by atoms with Crippen LogP contribution >= 0.6 is 0 Å². The molecule has 0 saturated carbocycles. The van der Waals surface area contributed by atoms with Gasteiger partial charge < -0.3 is 10.1 Å². The zero-order chi connectivity index (χ0) is 12.1. The number of methoxy groups -OCH3 is 1. The molecule has 16 heavy (non-hydrogen) atoms. The zero-order valence-corrected chi connectivity index (χ0v) is 9.20. The monoisotopic (exact) mass is 216 g/mol. The Balaban J connectivity index is 3.24. The van der Waals surface area contributed by atoms with Gasteiger partial charge >= 0.3 is 5.97 Å². The van der Waals surface area contributed by atoms with Crippen LogP contribution in [-0.2, 0) is 11.2 Å². The van der Waals surface area contributed by atoms with Gasteiger partial charge in [0.2, 0.25) is 0 Å². The summed E-state index contributed by atoms with van der Waals surface area (Å²) in [5.74, 6) is -0.456. The van der Waals surface area contributed by atoms with Crippen LogP contribution in [0.3, 0.4) is 0 Å². The van der Waals surface area contributed by atoms with Crippen molar-refractivity contribution in [1.29, 1.82) is 10.7 Å². The standard InChI is InChI=1S/C12H12N2O2/c1-8(14)10-5-9(3-4-13)6-11(7-10)12(15)16-2/h5-7,14H,3H2,1-2H3. The number of hydrogen-bond donors (Lipinski definition) is 1. The molecule has 82 valence electrons. The molecular weight excluding hydrogens is 204 g/mol. The van der Waals surface area contributed by atoms with Crippen LogP contribution < -0.4 is 0 Å². The van der Waals surface area contributed by atoms with Gasteiger partial charge in [-0.15, -0.1) is 0 Å². The number of benzene rings is 1. The first-order chi connectivity index (χ1) is 7.58. The number of carbonyl (C=O) groups excluding carboxylic acids is 1. The summed E-state index contributed by atoms with van der Waals surface area (Å²) in [6.07, 6.45) is 0.213. The second-order valence-electron chi connectivity index (χ2n) is 3.37. The highest BCUT2D eigenvalue weighted by Gasteiger charge is 2.09. The van der Waals surface area contributed by atoms with E-state index in [-0.39, 0.29) is 6.42 Å². The number of carbonyl (C=O) groups is 1. The molecule has 4 nitrogen and oxygen atoms in total. The Labute approximate surface area is 94.0 Å². The number of esters is 1. The molecule has 0 spiro atoms. The van der Waals surface area contributed by atoms with Crippen molar-refractivity contribution in [1.82, 2.24) is 0 Å². The molecule has 0 aromatic heterocycles. The quantitative estimate of drug-likeness (QED) is 0.619. The van der Waals surface area contributed by atoms with E-state index in [4.69, 9.17) is 10.7 Å². The predicted octanol–water partition coefficient (Wildman–Crippen LogP) is 1.93. The molecule has 1 aromatic rings. The first-order valence-corrected chi connectivity index (χ1v) is 4.73. The van der Waals surface area contributed by atoms with Gasteiger partial charge in [0.25, 0.3) is 0 Å². The maximum absolute atomic E-state index is 11.4. The molecule has 0 aliphatic carbocycles. The fourth-order valence-corrected chi connectivity index (χ4v) is 1.34. The normalized spacial score (nSPS) is 9.31. The van der Waals surface area contributed by atoms with E-state index in [1.165, 1.54) is 7.11 Å². The average molecular weight is 216 g/mol. The molecule has 0 fully saturated rings. The van der Waals surface area contributed by atoms with E-state index < -0.39 is 5.97 Å². The van der Waals surface area contributed by atoms with E-state index in [1.54, 1.807) is 25.1 Å². The highest BCUT2D eigenvalue weighted by Crippen LogP contribution is 2.12. The second kappa shape index (κ2) is 5.08. The summed E-state index contributed by atoms with van der Waals surface area (Å²) in [4.78, 5) is 11.4. The van der Waals surface area contributed by atoms with Gasteiger partial charge in [-0.05, 0) is 36.2 Å². The van der Waals surface area contributed by atoms with Gasteiger partial charge in [0.15, 0.2) is 0 Å². The molecule has 0 aliphatic heterocycles. The van der Waals surface area contributed by atoms with Crippen LogP contribution in [-0.4, -0.2) is 18.8 Å². The molecule has 0 unspecified atom stereocenters. The van der Waals surface area contributed by atoms with Crippen molar-refractivity contribution in [3.63, 3.8) is 0 Å². The minimum Gasteiger partial charge on any atom is -0.465 e. The van der Waals surface area contributed by atoms with Crippen LogP contribution in [0.25, 0.3) is 0 Å². The maximum Gasteiger partial charge on any atom is 0.337 e. The third kappa shape index (κ3) is 2.67. The number of ether oxygens (including phenoxy) is 1. The summed E-state index contributed by atoms with van der Waals surface area (Å²) in [7, 11) is 1.30. The zero-order valence-electron chi connectivity index (χ0n) is 9.20. The van der Waals surface area contributed by atoms with Crippen molar-refractivity contribution in [3.8, 4) is 6.07 Å². The van der Waals surface area contributed by atoms with Crippen LogP contribution in [0, 0.1) is 16.7 Å². The van der Waals surface area contributed by atoms with Gasteiger partial charge in [0.1, 0.15) is 0 Å². The summed E-state index contributed by atoms with van der Waals surface area (Å²) >= 11 is 0. The van der Waals surface area contributed by atoms with Crippen LogP contribution in [0.1, 0.15) is 28.4 Å². The highest BCUT2D eigenvalue weighted by atomic mass is 16.5. The third-order valence-electron chi connectivity index (χ3n) is 2.13. The van der Waals surface area contributed by atoms with Gasteiger partial charge in [-0.25, -0.2) is 4.79 Å². The predicted molar refractivity (Wildman–Crippen MR) is 59.6 cm³/mol. The molecular formula is C12H12N2O2. The van der Waals surface area contributed by atoms with Gasteiger partial charge in [0.05, 0.1) is 25.2 Å². The Morgan fingerprint density at radius 2 is 2.06 bits per heavy atom. The first-order valence-electron chi connectivity index (χ1n) is 4.73. The summed E-state index contributed by atoms with van der Waals surface area (Å²) in [6.45, 7) is 1.63. The van der Waals surface area contributed by atoms with Crippen molar-refractivity contribution in [2.45, 2.75) is 13.3 Å². The fourth-order valence-electron chi connectivity index (χ4n) is 1.34. The van der Waals surface area contributed by atoms with Gasteiger partial charge in [-0.1, -0.05) is 0 Å². The van der Waals surface area contributed by atoms with E-state index in [2.05, 4.69) is 4.74 Å². The Kier molecular flexibility index (Phi) is 3.78. The van der Waals surface area contributed by atoms with Crippen LogP contribution in [0.2, 0.25) is 0 Å². The lowest BCUT2D eigenvalue weighted by molar-refractivity contribution is 0.0600. The summed E-state index contributed by atoms with van der Waals surface area (Å²) in [5.41, 5.74) is 2.07. The Bertz CT molecular complexity index is 472. The van der Waals surface area contributed by atoms with Crippen molar-refractivity contribution >= 4 is 11.7 Å². The first kappa shape index (κ1) is 11.9. The van der Waals surface area contributed by atoms with E-state index >= 15 is 0 Å². The molecule has 1 rings (SSSR count). The third-order valence-corrected chi connectivity index (χ3v) is 2.13. The number of nitriles is 1. The second-order valence-corrected chi connectivity index (χ2v) is 3.37. The summed E-state index contributed by atoms with van der Waals surface area (Å²) < 4.78 is 4.61. The van der Waals surface area contributed by atoms with Gasteiger partial charge in [-0.3, -0.25) is 0 Å².